The number of nitrogens with zero attached hydrogens (tertiary/aromatic N) is 4. The standard InChI is InChI=1S/C19H22N6O2/c1-19(2)13-8-7-12(11-14(13)21-17(19)27)20-18-22-15-5-4-6-16(25(15)23-18)24(3)9-10-26/h4-8,11,26H,9-10H2,1-3H3,(H,20,23)(H,21,27). The van der Waals surface area contributed by atoms with Crippen molar-refractivity contribution in [2.45, 2.75) is 19.3 Å². The number of pyridine rings is 1. The number of fused-ring (bicyclic) bond motifs is 2. The van der Waals surface area contributed by atoms with Crippen LogP contribution in [-0.4, -0.2) is 45.8 Å². The van der Waals surface area contributed by atoms with Crippen molar-refractivity contribution in [3.05, 3.63) is 42.0 Å². The highest BCUT2D eigenvalue weighted by Gasteiger charge is 2.38. The maximum absolute atomic E-state index is 12.1. The predicted octanol–water partition coefficient (Wildman–Crippen LogP) is 2.13. The van der Waals surface area contributed by atoms with Gasteiger partial charge in [-0.1, -0.05) is 12.1 Å². The molecule has 3 aromatic rings. The van der Waals surface area contributed by atoms with E-state index in [1.807, 2.05) is 62.2 Å². The third-order valence-corrected chi connectivity index (χ3v) is 4.93. The number of nitrogens with one attached hydrogen (secondary N) is 2. The minimum Gasteiger partial charge on any atom is -0.395 e. The molecule has 0 spiro atoms. The summed E-state index contributed by atoms with van der Waals surface area (Å²) >= 11 is 0. The zero-order valence-corrected chi connectivity index (χ0v) is 15.5. The molecule has 27 heavy (non-hydrogen) atoms. The summed E-state index contributed by atoms with van der Waals surface area (Å²) in [6, 6.07) is 11.5. The number of anilines is 4. The molecule has 1 aromatic carbocycles. The summed E-state index contributed by atoms with van der Waals surface area (Å²) < 4.78 is 1.73. The van der Waals surface area contributed by atoms with Gasteiger partial charge in [-0.2, -0.15) is 9.50 Å². The van der Waals surface area contributed by atoms with Gasteiger partial charge in [0.1, 0.15) is 5.82 Å². The van der Waals surface area contributed by atoms with Crippen LogP contribution >= 0.6 is 0 Å². The van der Waals surface area contributed by atoms with Crippen molar-refractivity contribution in [2.24, 2.45) is 0 Å². The molecule has 0 atom stereocenters. The first kappa shape index (κ1) is 17.3. The highest BCUT2D eigenvalue weighted by Crippen LogP contribution is 2.38. The SMILES string of the molecule is CN(CCO)c1cccc2nc(Nc3ccc4c(c3)NC(=O)C4(C)C)nn12. The second-order valence-corrected chi connectivity index (χ2v) is 7.20. The van der Waals surface area contributed by atoms with E-state index in [1.165, 1.54) is 0 Å². The Kier molecular flexibility index (Phi) is 4.00. The lowest BCUT2D eigenvalue weighted by Crippen LogP contribution is -2.26. The molecule has 0 aliphatic carbocycles. The summed E-state index contributed by atoms with van der Waals surface area (Å²) in [7, 11) is 1.89. The summed E-state index contributed by atoms with van der Waals surface area (Å²) in [6.07, 6.45) is 0. The Morgan fingerprint density at radius 2 is 2.11 bits per heavy atom. The number of carbonyl (C=O) groups is 1. The van der Waals surface area contributed by atoms with Gasteiger partial charge in [0.15, 0.2) is 5.65 Å². The van der Waals surface area contributed by atoms with Crippen LogP contribution in [0.1, 0.15) is 19.4 Å². The van der Waals surface area contributed by atoms with Crippen LogP contribution < -0.4 is 15.5 Å². The van der Waals surface area contributed by atoms with Gasteiger partial charge in [0.05, 0.1) is 12.0 Å². The van der Waals surface area contributed by atoms with E-state index < -0.39 is 5.41 Å². The topological polar surface area (TPSA) is 94.8 Å². The van der Waals surface area contributed by atoms with Crippen LogP contribution in [0.4, 0.5) is 23.1 Å². The summed E-state index contributed by atoms with van der Waals surface area (Å²) in [5, 5.41) is 19.8. The first-order chi connectivity index (χ1) is 12.9. The van der Waals surface area contributed by atoms with Crippen LogP contribution in [0, 0.1) is 0 Å². The molecule has 1 amide bonds. The highest BCUT2D eigenvalue weighted by atomic mass is 16.3. The molecule has 3 N–H and O–H groups in total. The number of hydrogen-bond acceptors (Lipinski definition) is 6. The molecule has 0 saturated carbocycles. The Balaban J connectivity index is 1.64. The molecule has 3 heterocycles. The maximum Gasteiger partial charge on any atom is 0.247 e. The van der Waals surface area contributed by atoms with Gasteiger partial charge in [0.2, 0.25) is 11.9 Å². The molecule has 0 bridgehead atoms. The third-order valence-electron chi connectivity index (χ3n) is 4.93. The normalized spacial score (nSPS) is 14.9. The van der Waals surface area contributed by atoms with Crippen LogP contribution in [0.2, 0.25) is 0 Å². The first-order valence-electron chi connectivity index (χ1n) is 8.81. The molecule has 4 rings (SSSR count). The van der Waals surface area contributed by atoms with Crippen LogP contribution in [-0.2, 0) is 10.2 Å². The number of likely N-dealkylation sites (N-methyl/N-ethyl adjacent to an activating group) is 1. The van der Waals surface area contributed by atoms with Crippen molar-refractivity contribution < 1.29 is 9.90 Å². The summed E-state index contributed by atoms with van der Waals surface area (Å²) in [5.74, 6) is 1.30. The Hall–Kier alpha value is -3.13. The van der Waals surface area contributed by atoms with Crippen molar-refractivity contribution >= 4 is 34.7 Å². The van der Waals surface area contributed by atoms with E-state index >= 15 is 0 Å². The third kappa shape index (κ3) is 2.87. The molecule has 0 radical (unpaired) electrons. The lowest BCUT2D eigenvalue weighted by atomic mass is 9.86. The fourth-order valence-corrected chi connectivity index (χ4v) is 3.30. The number of amides is 1. The molecule has 8 nitrogen and oxygen atoms in total. The first-order valence-corrected chi connectivity index (χ1v) is 8.81. The average Bonchev–Trinajstić information content (AvgIpc) is 3.12. The molecule has 2 aromatic heterocycles. The smallest absolute Gasteiger partial charge is 0.247 e. The monoisotopic (exact) mass is 366 g/mol. The summed E-state index contributed by atoms with van der Waals surface area (Å²) in [5.41, 5.74) is 2.76. The molecular weight excluding hydrogens is 344 g/mol. The van der Waals surface area contributed by atoms with E-state index in [9.17, 15) is 9.90 Å². The Labute approximate surface area is 156 Å². The molecule has 140 valence electrons. The average molecular weight is 366 g/mol. The Morgan fingerprint density at radius 3 is 2.89 bits per heavy atom. The number of aliphatic hydroxyl groups is 1. The van der Waals surface area contributed by atoms with Gasteiger partial charge in [-0.15, -0.1) is 5.10 Å². The molecular formula is C19H22N6O2. The number of aromatic nitrogens is 3. The molecule has 8 heteroatoms. The fourth-order valence-electron chi connectivity index (χ4n) is 3.30. The highest BCUT2D eigenvalue weighted by molar-refractivity contribution is 6.06. The maximum atomic E-state index is 12.1. The van der Waals surface area contributed by atoms with Gasteiger partial charge in [-0.25, -0.2) is 0 Å². The number of rotatable bonds is 5. The zero-order chi connectivity index (χ0) is 19.2. The lowest BCUT2D eigenvalue weighted by Gasteiger charge is -2.18. The second kappa shape index (κ2) is 6.24. The van der Waals surface area contributed by atoms with E-state index in [4.69, 9.17) is 0 Å². The van der Waals surface area contributed by atoms with Gasteiger partial charge < -0.3 is 20.6 Å². The van der Waals surface area contributed by atoms with Crippen LogP contribution in [0.3, 0.4) is 0 Å². The molecule has 0 saturated heterocycles. The molecule has 1 aliphatic rings. The number of hydrogen-bond donors (Lipinski definition) is 3. The van der Waals surface area contributed by atoms with E-state index in [0.717, 1.165) is 22.8 Å². The largest absolute Gasteiger partial charge is 0.395 e. The van der Waals surface area contributed by atoms with Gasteiger partial charge >= 0.3 is 0 Å². The van der Waals surface area contributed by atoms with E-state index in [2.05, 4.69) is 20.7 Å². The predicted molar refractivity (Wildman–Crippen MR) is 105 cm³/mol. The minimum atomic E-state index is -0.526. The number of benzene rings is 1. The van der Waals surface area contributed by atoms with Crippen molar-refractivity contribution in [1.29, 1.82) is 0 Å². The van der Waals surface area contributed by atoms with Gasteiger partial charge in [-0.3, -0.25) is 4.79 Å². The Bertz CT molecular complexity index is 1030. The van der Waals surface area contributed by atoms with Crippen molar-refractivity contribution in [3.8, 4) is 0 Å². The summed E-state index contributed by atoms with van der Waals surface area (Å²) in [6.45, 7) is 4.39. The van der Waals surface area contributed by atoms with E-state index in [1.54, 1.807) is 4.52 Å². The van der Waals surface area contributed by atoms with Crippen molar-refractivity contribution in [2.75, 3.05) is 35.7 Å². The van der Waals surface area contributed by atoms with Crippen molar-refractivity contribution in [1.82, 2.24) is 14.6 Å². The lowest BCUT2D eigenvalue weighted by molar-refractivity contribution is -0.119. The number of aliphatic hydroxyl groups excluding tert-OH is 1. The van der Waals surface area contributed by atoms with Crippen LogP contribution in [0.25, 0.3) is 5.65 Å². The fraction of sp³-hybridized carbons (Fsp3) is 0.316. The van der Waals surface area contributed by atoms with Crippen LogP contribution in [0.5, 0.6) is 0 Å². The second-order valence-electron chi connectivity index (χ2n) is 7.20. The summed E-state index contributed by atoms with van der Waals surface area (Å²) in [4.78, 5) is 18.5. The van der Waals surface area contributed by atoms with Gasteiger partial charge in [0, 0.05) is 25.0 Å². The van der Waals surface area contributed by atoms with Crippen molar-refractivity contribution in [3.63, 3.8) is 0 Å². The quantitative estimate of drug-likeness (QED) is 0.640. The van der Waals surface area contributed by atoms with Crippen LogP contribution in [0.15, 0.2) is 36.4 Å². The molecule has 0 fully saturated rings. The zero-order valence-electron chi connectivity index (χ0n) is 15.5. The number of carbonyl (C=O) groups excluding carboxylic acids is 1. The molecule has 1 aliphatic heterocycles. The van der Waals surface area contributed by atoms with E-state index in [0.29, 0.717) is 18.1 Å². The Morgan fingerprint density at radius 1 is 1.30 bits per heavy atom. The van der Waals surface area contributed by atoms with Gasteiger partial charge in [-0.05, 0) is 43.7 Å². The van der Waals surface area contributed by atoms with E-state index in [-0.39, 0.29) is 12.5 Å². The minimum absolute atomic E-state index is 0.00272. The van der Waals surface area contributed by atoms with Gasteiger partial charge in [0.25, 0.3) is 0 Å². The molecule has 0 unspecified atom stereocenters.